The van der Waals surface area contributed by atoms with Gasteiger partial charge < -0.3 is 14.9 Å². The van der Waals surface area contributed by atoms with Crippen molar-refractivity contribution in [3.63, 3.8) is 0 Å². The highest BCUT2D eigenvalue weighted by Gasteiger charge is 2.03. The Labute approximate surface area is 107 Å². The van der Waals surface area contributed by atoms with Crippen molar-refractivity contribution in [3.05, 3.63) is 48.0 Å². The number of hydrogen-bond acceptors (Lipinski definition) is 3. The number of aliphatic hydroxyl groups excluding tert-OH is 1. The van der Waals surface area contributed by atoms with Crippen molar-refractivity contribution in [2.45, 2.75) is 25.6 Å². The van der Waals surface area contributed by atoms with Gasteiger partial charge in [0.05, 0.1) is 19.3 Å². The summed E-state index contributed by atoms with van der Waals surface area (Å²) in [5.74, 6) is -0.968. The lowest BCUT2D eigenvalue weighted by molar-refractivity contribution is -0.131. The van der Waals surface area contributed by atoms with Gasteiger partial charge in [-0.05, 0) is 18.4 Å². The van der Waals surface area contributed by atoms with Crippen molar-refractivity contribution < 1.29 is 19.7 Å². The summed E-state index contributed by atoms with van der Waals surface area (Å²) in [6.45, 7) is 0.735. The zero-order chi connectivity index (χ0) is 13.2. The van der Waals surface area contributed by atoms with Gasteiger partial charge in [0.15, 0.2) is 0 Å². The zero-order valence-electron chi connectivity index (χ0n) is 10.2. The SMILES string of the molecule is O=C(O)/C=C\CCC(O)COCc1ccccc1. The molecule has 4 heteroatoms. The quantitative estimate of drug-likeness (QED) is 0.692. The lowest BCUT2D eigenvalue weighted by Gasteiger charge is -2.10. The molecule has 1 aromatic rings. The molecular weight excluding hydrogens is 232 g/mol. The molecule has 0 radical (unpaired) electrons. The number of hydrogen-bond donors (Lipinski definition) is 2. The van der Waals surface area contributed by atoms with Gasteiger partial charge >= 0.3 is 5.97 Å². The van der Waals surface area contributed by atoms with E-state index in [1.165, 1.54) is 6.08 Å². The van der Waals surface area contributed by atoms with Crippen LogP contribution in [-0.4, -0.2) is 28.9 Å². The van der Waals surface area contributed by atoms with Crippen LogP contribution in [0.2, 0.25) is 0 Å². The maximum atomic E-state index is 10.2. The molecule has 1 unspecified atom stereocenters. The van der Waals surface area contributed by atoms with E-state index in [0.29, 0.717) is 19.4 Å². The first-order valence-corrected chi connectivity index (χ1v) is 5.87. The first kappa shape index (κ1) is 14.4. The van der Waals surface area contributed by atoms with Crippen molar-refractivity contribution in [1.29, 1.82) is 0 Å². The highest BCUT2D eigenvalue weighted by Crippen LogP contribution is 2.03. The van der Waals surface area contributed by atoms with Gasteiger partial charge in [-0.2, -0.15) is 0 Å². The molecule has 0 aliphatic rings. The highest BCUT2D eigenvalue weighted by atomic mass is 16.5. The van der Waals surface area contributed by atoms with E-state index in [1.807, 2.05) is 30.3 Å². The molecule has 0 aliphatic heterocycles. The Bertz CT molecular complexity index is 373. The summed E-state index contributed by atoms with van der Waals surface area (Å²) < 4.78 is 5.37. The monoisotopic (exact) mass is 250 g/mol. The second kappa shape index (κ2) is 8.44. The van der Waals surface area contributed by atoms with Crippen molar-refractivity contribution in [1.82, 2.24) is 0 Å². The second-order valence-corrected chi connectivity index (χ2v) is 3.97. The minimum atomic E-state index is -0.968. The molecule has 1 rings (SSSR count). The largest absolute Gasteiger partial charge is 0.478 e. The third kappa shape index (κ3) is 6.83. The fourth-order valence-electron chi connectivity index (χ4n) is 1.44. The summed E-state index contributed by atoms with van der Waals surface area (Å²) in [6.07, 6.45) is 3.08. The third-order valence-electron chi connectivity index (χ3n) is 2.35. The molecule has 2 N–H and O–H groups in total. The normalized spacial score (nSPS) is 12.7. The van der Waals surface area contributed by atoms with E-state index >= 15 is 0 Å². The number of allylic oxidation sites excluding steroid dienone is 1. The van der Waals surface area contributed by atoms with E-state index in [0.717, 1.165) is 11.6 Å². The van der Waals surface area contributed by atoms with Gasteiger partial charge in [-0.15, -0.1) is 0 Å². The Morgan fingerprint density at radius 1 is 1.33 bits per heavy atom. The Balaban J connectivity index is 2.10. The molecule has 0 aliphatic carbocycles. The Morgan fingerprint density at radius 3 is 2.72 bits per heavy atom. The Hall–Kier alpha value is -1.65. The number of carboxylic acids is 1. The van der Waals surface area contributed by atoms with Gasteiger partial charge in [0.25, 0.3) is 0 Å². The highest BCUT2D eigenvalue weighted by molar-refractivity contribution is 5.79. The van der Waals surface area contributed by atoms with Crippen LogP contribution in [0.4, 0.5) is 0 Å². The number of carboxylic acid groups (broad SMARTS) is 1. The number of rotatable bonds is 8. The Kier molecular flexibility index (Phi) is 6.76. The fourth-order valence-corrected chi connectivity index (χ4v) is 1.44. The van der Waals surface area contributed by atoms with E-state index in [1.54, 1.807) is 0 Å². The average molecular weight is 250 g/mol. The van der Waals surface area contributed by atoms with Gasteiger partial charge in [-0.25, -0.2) is 4.79 Å². The van der Waals surface area contributed by atoms with Crippen molar-refractivity contribution in [2.24, 2.45) is 0 Å². The lowest BCUT2D eigenvalue weighted by atomic mass is 10.2. The lowest BCUT2D eigenvalue weighted by Crippen LogP contribution is -2.14. The molecule has 0 amide bonds. The average Bonchev–Trinajstić information content (AvgIpc) is 2.36. The summed E-state index contributed by atoms with van der Waals surface area (Å²) in [6, 6.07) is 9.73. The minimum Gasteiger partial charge on any atom is -0.478 e. The van der Waals surface area contributed by atoms with Crippen LogP contribution in [0.3, 0.4) is 0 Å². The molecule has 18 heavy (non-hydrogen) atoms. The molecule has 0 heterocycles. The van der Waals surface area contributed by atoms with Crippen LogP contribution in [0, 0.1) is 0 Å². The summed E-state index contributed by atoms with van der Waals surface area (Å²) in [4.78, 5) is 10.2. The third-order valence-corrected chi connectivity index (χ3v) is 2.35. The number of benzene rings is 1. The zero-order valence-corrected chi connectivity index (χ0v) is 10.2. The molecule has 0 spiro atoms. The van der Waals surface area contributed by atoms with E-state index in [4.69, 9.17) is 9.84 Å². The smallest absolute Gasteiger partial charge is 0.327 e. The molecule has 4 nitrogen and oxygen atoms in total. The predicted octanol–water partition coefficient (Wildman–Crippen LogP) is 1.99. The number of aliphatic hydroxyl groups is 1. The van der Waals surface area contributed by atoms with Gasteiger partial charge in [0.1, 0.15) is 0 Å². The molecule has 98 valence electrons. The van der Waals surface area contributed by atoms with E-state index in [2.05, 4.69) is 0 Å². The molecule has 0 saturated heterocycles. The van der Waals surface area contributed by atoms with E-state index in [9.17, 15) is 9.90 Å². The van der Waals surface area contributed by atoms with Crippen LogP contribution >= 0.6 is 0 Å². The van der Waals surface area contributed by atoms with E-state index < -0.39 is 12.1 Å². The van der Waals surface area contributed by atoms with Crippen LogP contribution in [0.15, 0.2) is 42.5 Å². The topological polar surface area (TPSA) is 66.8 Å². The number of ether oxygens (including phenoxy) is 1. The minimum absolute atomic E-state index is 0.260. The molecule has 0 saturated carbocycles. The van der Waals surface area contributed by atoms with Gasteiger partial charge in [0.2, 0.25) is 0 Å². The van der Waals surface area contributed by atoms with Crippen molar-refractivity contribution in [3.8, 4) is 0 Å². The van der Waals surface area contributed by atoms with E-state index in [-0.39, 0.29) is 6.61 Å². The Morgan fingerprint density at radius 2 is 2.06 bits per heavy atom. The molecule has 0 aromatic heterocycles. The van der Waals surface area contributed by atoms with Gasteiger partial charge in [0, 0.05) is 6.08 Å². The maximum Gasteiger partial charge on any atom is 0.327 e. The number of aliphatic carboxylic acids is 1. The molecule has 1 atom stereocenters. The maximum absolute atomic E-state index is 10.2. The van der Waals surface area contributed by atoms with Crippen molar-refractivity contribution in [2.75, 3.05) is 6.61 Å². The molecular formula is C14H18O4. The number of carbonyl (C=O) groups is 1. The standard InChI is InChI=1S/C14H18O4/c15-13(8-4-5-9-14(16)17)11-18-10-12-6-2-1-3-7-12/h1-3,5-7,9,13,15H,4,8,10-11H2,(H,16,17)/b9-5-. The fraction of sp³-hybridized carbons (Fsp3) is 0.357. The first-order chi connectivity index (χ1) is 8.68. The van der Waals surface area contributed by atoms with Gasteiger partial charge in [-0.3, -0.25) is 0 Å². The molecule has 0 fully saturated rings. The molecule has 1 aromatic carbocycles. The summed E-state index contributed by atoms with van der Waals surface area (Å²) in [5.41, 5.74) is 1.07. The summed E-state index contributed by atoms with van der Waals surface area (Å²) >= 11 is 0. The summed E-state index contributed by atoms with van der Waals surface area (Å²) in [5, 5.41) is 18.0. The predicted molar refractivity (Wildman–Crippen MR) is 68.1 cm³/mol. The van der Waals surface area contributed by atoms with Crippen LogP contribution in [0.25, 0.3) is 0 Å². The first-order valence-electron chi connectivity index (χ1n) is 5.87. The van der Waals surface area contributed by atoms with Crippen LogP contribution in [0.1, 0.15) is 18.4 Å². The van der Waals surface area contributed by atoms with Crippen LogP contribution in [-0.2, 0) is 16.1 Å². The second-order valence-electron chi connectivity index (χ2n) is 3.97. The van der Waals surface area contributed by atoms with Crippen molar-refractivity contribution >= 4 is 5.97 Å². The van der Waals surface area contributed by atoms with Crippen LogP contribution < -0.4 is 0 Å². The molecule has 0 bridgehead atoms. The summed E-state index contributed by atoms with van der Waals surface area (Å²) in [7, 11) is 0. The van der Waals surface area contributed by atoms with Crippen LogP contribution in [0.5, 0.6) is 0 Å². The van der Waals surface area contributed by atoms with Gasteiger partial charge in [-0.1, -0.05) is 36.4 Å².